The van der Waals surface area contributed by atoms with E-state index in [1.165, 1.54) is 5.56 Å². The number of para-hydroxylation sites is 1. The molecule has 0 bridgehead atoms. The van der Waals surface area contributed by atoms with Gasteiger partial charge in [0.25, 0.3) is 0 Å². The normalized spacial score (nSPS) is 13.3. The molecular weight excluding hydrogens is 902 g/mol. The van der Waals surface area contributed by atoms with Gasteiger partial charge in [-0.1, -0.05) is 164 Å². The average molecular weight is 959 g/mol. The van der Waals surface area contributed by atoms with Gasteiger partial charge in [-0.25, -0.2) is 4.98 Å². The van der Waals surface area contributed by atoms with Gasteiger partial charge in [0.05, 0.1) is 29.1 Å². The molecule has 5 heteroatoms. The molecule has 59 heavy (non-hydrogen) atoms. The Bertz CT molecular complexity index is 3060. The summed E-state index contributed by atoms with van der Waals surface area (Å²) in [6.45, 7) is 19.6. The molecule has 0 aliphatic rings. The summed E-state index contributed by atoms with van der Waals surface area (Å²) in [5.41, 5.74) is 11.3. The third-order valence-corrected chi connectivity index (χ3v) is 10.8. The molecule has 1 N–H and O–H groups in total. The van der Waals surface area contributed by atoms with E-state index in [2.05, 4.69) is 140 Å². The van der Waals surface area contributed by atoms with Crippen molar-refractivity contribution in [3.63, 3.8) is 0 Å². The summed E-state index contributed by atoms with van der Waals surface area (Å²) in [6, 6.07) is 38.5. The molecule has 0 saturated carbocycles. The van der Waals surface area contributed by atoms with Crippen molar-refractivity contribution in [2.45, 2.75) is 78.6 Å². The van der Waals surface area contributed by atoms with Crippen LogP contribution in [0.5, 0.6) is 5.75 Å². The van der Waals surface area contributed by atoms with Crippen LogP contribution >= 0.6 is 0 Å². The number of hydrogen-bond donors (Lipinski definition) is 1. The van der Waals surface area contributed by atoms with Gasteiger partial charge in [-0.2, -0.15) is 0 Å². The van der Waals surface area contributed by atoms with E-state index < -0.39 is 6.04 Å². The molecule has 6 aromatic carbocycles. The summed E-state index contributed by atoms with van der Waals surface area (Å²) >= 11 is 0. The number of benzene rings is 6. The van der Waals surface area contributed by atoms with Crippen molar-refractivity contribution in [3.05, 3.63) is 168 Å². The third kappa shape index (κ3) is 8.34. The molecule has 0 saturated heterocycles. The molecule has 0 aliphatic heterocycles. The molecular formula is C54H52N3OPt-. The minimum absolute atomic E-state index is 0. The number of imidazole rings is 1. The van der Waals surface area contributed by atoms with Crippen molar-refractivity contribution in [1.29, 1.82) is 0 Å². The maximum Gasteiger partial charge on any atom is 0.148 e. The number of phenolic OH excluding ortho intramolecular Hbond substituents is 1. The second kappa shape index (κ2) is 15.9. The zero-order chi connectivity index (χ0) is 45.3. The fourth-order valence-corrected chi connectivity index (χ4v) is 7.38. The number of aromatic nitrogens is 3. The van der Waals surface area contributed by atoms with Crippen LogP contribution in [0, 0.1) is 6.07 Å². The topological polar surface area (TPSA) is 50.9 Å². The summed E-state index contributed by atoms with van der Waals surface area (Å²) in [5.74, 6) is 0.726. The first kappa shape index (κ1) is 35.4. The monoisotopic (exact) mass is 958 g/mol. The van der Waals surface area contributed by atoms with E-state index in [0.29, 0.717) is 28.2 Å². The van der Waals surface area contributed by atoms with Crippen LogP contribution < -0.4 is 0 Å². The number of phenols is 1. The number of aromatic hydroxyl groups is 1. The molecule has 8 rings (SSSR count). The van der Waals surface area contributed by atoms with Gasteiger partial charge in [-0.05, 0) is 80.5 Å². The Morgan fingerprint density at radius 1 is 0.576 bits per heavy atom. The number of pyridine rings is 1. The molecule has 0 atom stereocenters. The first-order valence-corrected chi connectivity index (χ1v) is 19.8. The van der Waals surface area contributed by atoms with Crippen LogP contribution in [0.3, 0.4) is 0 Å². The van der Waals surface area contributed by atoms with Gasteiger partial charge in [0, 0.05) is 38.5 Å². The van der Waals surface area contributed by atoms with Gasteiger partial charge in [-0.3, -0.25) is 9.55 Å². The Hall–Kier alpha value is -5.57. The van der Waals surface area contributed by atoms with Gasteiger partial charge >= 0.3 is 0 Å². The molecule has 0 fully saturated rings. The smallest absolute Gasteiger partial charge is 0.148 e. The summed E-state index contributed by atoms with van der Waals surface area (Å²) in [4.78, 5) is 10.2. The predicted octanol–water partition coefficient (Wildman–Crippen LogP) is 14.2. The molecule has 2 aromatic heterocycles. The second-order valence-electron chi connectivity index (χ2n) is 18.2. The Morgan fingerprint density at radius 2 is 1.22 bits per heavy atom. The second-order valence-corrected chi connectivity index (χ2v) is 18.2. The summed E-state index contributed by atoms with van der Waals surface area (Å²) in [5, 5.41) is 11.7. The van der Waals surface area contributed by atoms with Crippen molar-refractivity contribution < 1.29 is 33.0 Å². The van der Waals surface area contributed by atoms with Crippen LogP contribution in [0.4, 0.5) is 0 Å². The summed E-state index contributed by atoms with van der Waals surface area (Å²) in [7, 11) is 0. The maximum absolute atomic E-state index is 11.7. The van der Waals surface area contributed by atoms with Crippen LogP contribution in [-0.4, -0.2) is 19.6 Å². The zero-order valence-corrected chi connectivity index (χ0v) is 37.3. The molecule has 0 amide bonds. The minimum Gasteiger partial charge on any atom is -0.507 e. The van der Waals surface area contributed by atoms with Crippen LogP contribution in [0.1, 0.15) is 85.9 Å². The van der Waals surface area contributed by atoms with Gasteiger partial charge < -0.3 is 5.11 Å². The van der Waals surface area contributed by atoms with Crippen LogP contribution in [0.25, 0.3) is 72.7 Å². The Morgan fingerprint density at radius 3 is 1.90 bits per heavy atom. The standard InChI is InChI=1S/C54H52N3O.Pt/c1-52(2,3)40-23-25-47(44(33-40)36-19-14-11-15-20-36)57-48-22-16-21-43(50(48)56-51(57)45-34-41(53(4,5)6)24-26-49(45)58)38-29-39(31-42(30-38)54(7,8)9)46-32-37(27-28-55-46)35-17-12-10-13-18-35;/h10-28,30-34,58H,1-9H3;/q-1;/i10D,12D,13D,17D,18D;. The Labute approximate surface area is 371 Å². The molecule has 0 unspecified atom stereocenters. The van der Waals surface area contributed by atoms with Gasteiger partial charge in [0.15, 0.2) is 0 Å². The van der Waals surface area contributed by atoms with Crippen molar-refractivity contribution in [1.82, 2.24) is 14.5 Å². The van der Waals surface area contributed by atoms with Gasteiger partial charge in [-0.15, -0.1) is 29.3 Å². The van der Waals surface area contributed by atoms with Crippen molar-refractivity contribution >= 4 is 11.0 Å². The zero-order valence-electron chi connectivity index (χ0n) is 40.1. The quantitative estimate of drug-likeness (QED) is 0.169. The van der Waals surface area contributed by atoms with Crippen LogP contribution in [0.2, 0.25) is 0 Å². The van der Waals surface area contributed by atoms with E-state index in [-0.39, 0.29) is 72.8 Å². The van der Waals surface area contributed by atoms with Gasteiger partial charge in [0.2, 0.25) is 0 Å². The summed E-state index contributed by atoms with van der Waals surface area (Å²) < 4.78 is 44.2. The molecule has 0 spiro atoms. The van der Waals surface area contributed by atoms with E-state index in [1.807, 2.05) is 24.3 Å². The summed E-state index contributed by atoms with van der Waals surface area (Å²) in [6.07, 6.45) is 1.60. The largest absolute Gasteiger partial charge is 0.507 e. The molecule has 2 heterocycles. The number of rotatable bonds is 6. The van der Waals surface area contributed by atoms with Crippen LogP contribution in [0.15, 0.2) is 146 Å². The molecule has 4 nitrogen and oxygen atoms in total. The Kier molecular flexibility index (Phi) is 9.53. The van der Waals surface area contributed by atoms with Crippen molar-refractivity contribution in [2.75, 3.05) is 0 Å². The minimum atomic E-state index is -0.436. The molecule has 0 aliphatic carbocycles. The molecule has 0 radical (unpaired) electrons. The van der Waals surface area contributed by atoms with Crippen LogP contribution in [-0.2, 0) is 37.3 Å². The number of fused-ring (bicyclic) bond motifs is 1. The molecule has 300 valence electrons. The maximum atomic E-state index is 11.7. The van der Waals surface area contributed by atoms with E-state index in [1.54, 1.807) is 24.4 Å². The van der Waals surface area contributed by atoms with E-state index >= 15 is 0 Å². The van der Waals surface area contributed by atoms with E-state index in [0.717, 1.165) is 50.1 Å². The fraction of sp³-hybridized carbons (Fsp3) is 0.222. The Balaban J connectivity index is 0.00000612. The average Bonchev–Trinajstić information content (AvgIpc) is 3.63. The molecule has 8 aromatic rings. The van der Waals surface area contributed by atoms with Crippen molar-refractivity contribution in [2.24, 2.45) is 0 Å². The first-order valence-electron chi connectivity index (χ1n) is 22.3. The number of nitrogens with zero attached hydrogens (tertiary/aromatic N) is 3. The predicted molar refractivity (Wildman–Crippen MR) is 243 cm³/mol. The fourth-order valence-electron chi connectivity index (χ4n) is 7.38. The first-order chi connectivity index (χ1) is 29.6. The van der Waals surface area contributed by atoms with Gasteiger partial charge in [0.1, 0.15) is 11.6 Å². The van der Waals surface area contributed by atoms with Crippen molar-refractivity contribution in [3.8, 4) is 67.5 Å². The third-order valence-electron chi connectivity index (χ3n) is 10.8. The van der Waals surface area contributed by atoms with E-state index in [4.69, 9.17) is 16.8 Å². The number of hydrogen-bond acceptors (Lipinski definition) is 3. The SMILES string of the molecule is [2H]c1c([2H])c([2H])c(-c2ccnc(-c3[c-]c(-c4cccc5c4nc(-c4cc(C(C)(C)C)ccc4O)n5-c4ccc(C(C)(C)C)cc4-c4ccccc4)cc(C(C)(C)C)c3)c2)c([2H])c1[2H].[Pt]. The van der Waals surface area contributed by atoms with E-state index in [9.17, 15) is 5.11 Å².